The Hall–Kier alpha value is -3.08. The normalized spacial score (nSPS) is 10.5. The number of carboxylic acids is 1. The fourth-order valence-corrected chi connectivity index (χ4v) is 2.26. The fourth-order valence-electron chi connectivity index (χ4n) is 2.26. The molecule has 0 saturated heterocycles. The molecule has 0 atom stereocenters. The SMILES string of the molecule is Cc1ccc(C(=O)O)cc1Oc1ccnc(-c2ccn(C)c2)c1. The van der Waals surface area contributed by atoms with Crippen molar-refractivity contribution >= 4 is 5.97 Å². The molecule has 0 radical (unpaired) electrons. The minimum absolute atomic E-state index is 0.197. The van der Waals surface area contributed by atoms with E-state index in [4.69, 9.17) is 9.84 Å². The van der Waals surface area contributed by atoms with Crippen molar-refractivity contribution in [3.8, 4) is 22.8 Å². The smallest absolute Gasteiger partial charge is 0.335 e. The highest BCUT2D eigenvalue weighted by Crippen LogP contribution is 2.28. The molecule has 5 nitrogen and oxygen atoms in total. The van der Waals surface area contributed by atoms with Crippen molar-refractivity contribution in [2.75, 3.05) is 0 Å². The van der Waals surface area contributed by atoms with Gasteiger partial charge in [0.25, 0.3) is 0 Å². The Bertz CT molecular complexity index is 868. The molecule has 3 rings (SSSR count). The van der Waals surface area contributed by atoms with Crippen LogP contribution in [0.15, 0.2) is 55.0 Å². The zero-order valence-electron chi connectivity index (χ0n) is 12.9. The molecule has 0 saturated carbocycles. The van der Waals surface area contributed by atoms with Gasteiger partial charge in [0.1, 0.15) is 11.5 Å². The molecule has 0 aliphatic carbocycles. The van der Waals surface area contributed by atoms with Crippen LogP contribution in [-0.2, 0) is 7.05 Å². The van der Waals surface area contributed by atoms with Crippen LogP contribution in [0, 0.1) is 6.92 Å². The molecular weight excluding hydrogens is 292 g/mol. The molecule has 2 heterocycles. The van der Waals surface area contributed by atoms with Gasteiger partial charge in [-0.05, 0) is 36.8 Å². The zero-order chi connectivity index (χ0) is 16.4. The van der Waals surface area contributed by atoms with Gasteiger partial charge < -0.3 is 14.4 Å². The number of ether oxygens (including phenoxy) is 1. The van der Waals surface area contributed by atoms with Crippen molar-refractivity contribution < 1.29 is 14.6 Å². The number of nitrogens with zero attached hydrogens (tertiary/aromatic N) is 2. The Kier molecular flexibility index (Phi) is 3.85. The topological polar surface area (TPSA) is 64.3 Å². The van der Waals surface area contributed by atoms with E-state index in [-0.39, 0.29) is 5.56 Å². The van der Waals surface area contributed by atoms with Crippen LogP contribution >= 0.6 is 0 Å². The molecule has 0 aliphatic heterocycles. The Morgan fingerprint density at radius 2 is 2.04 bits per heavy atom. The summed E-state index contributed by atoms with van der Waals surface area (Å²) in [5.41, 5.74) is 2.86. The van der Waals surface area contributed by atoms with Gasteiger partial charge in [-0.15, -0.1) is 0 Å². The van der Waals surface area contributed by atoms with Gasteiger partial charge in [0.15, 0.2) is 0 Å². The minimum Gasteiger partial charge on any atom is -0.478 e. The van der Waals surface area contributed by atoms with E-state index in [0.717, 1.165) is 16.8 Å². The van der Waals surface area contributed by atoms with Crippen molar-refractivity contribution in [1.82, 2.24) is 9.55 Å². The Labute approximate surface area is 133 Å². The summed E-state index contributed by atoms with van der Waals surface area (Å²) in [7, 11) is 1.95. The molecule has 0 aliphatic rings. The maximum Gasteiger partial charge on any atom is 0.335 e. The zero-order valence-corrected chi connectivity index (χ0v) is 12.9. The van der Waals surface area contributed by atoms with Gasteiger partial charge in [0.2, 0.25) is 0 Å². The minimum atomic E-state index is -0.977. The summed E-state index contributed by atoms with van der Waals surface area (Å²) in [5, 5.41) is 9.09. The molecule has 0 unspecified atom stereocenters. The van der Waals surface area contributed by atoms with Crippen molar-refractivity contribution in [1.29, 1.82) is 0 Å². The highest BCUT2D eigenvalue weighted by atomic mass is 16.5. The third-order valence-corrected chi connectivity index (χ3v) is 3.52. The molecule has 2 aromatic heterocycles. The van der Waals surface area contributed by atoms with Crippen LogP contribution < -0.4 is 4.74 Å². The second-order valence-electron chi connectivity index (χ2n) is 5.33. The van der Waals surface area contributed by atoms with Gasteiger partial charge in [-0.3, -0.25) is 4.98 Å². The lowest BCUT2D eigenvalue weighted by Crippen LogP contribution is -1.98. The second-order valence-corrected chi connectivity index (χ2v) is 5.33. The van der Waals surface area contributed by atoms with E-state index in [1.165, 1.54) is 6.07 Å². The maximum absolute atomic E-state index is 11.1. The Balaban J connectivity index is 1.92. The van der Waals surface area contributed by atoms with Crippen LogP contribution in [0.4, 0.5) is 0 Å². The van der Waals surface area contributed by atoms with Crippen LogP contribution in [0.25, 0.3) is 11.3 Å². The summed E-state index contributed by atoms with van der Waals surface area (Å²) in [4.78, 5) is 15.4. The van der Waals surface area contributed by atoms with E-state index in [9.17, 15) is 4.79 Å². The van der Waals surface area contributed by atoms with Crippen LogP contribution in [0.5, 0.6) is 11.5 Å². The lowest BCUT2D eigenvalue weighted by Gasteiger charge is -2.10. The summed E-state index contributed by atoms with van der Waals surface area (Å²) in [6, 6.07) is 10.4. The molecule has 0 fully saturated rings. The quantitative estimate of drug-likeness (QED) is 0.794. The van der Waals surface area contributed by atoms with Crippen LogP contribution in [0.1, 0.15) is 15.9 Å². The van der Waals surface area contributed by atoms with E-state index in [2.05, 4.69) is 4.98 Å². The predicted molar refractivity (Wildman–Crippen MR) is 86.9 cm³/mol. The van der Waals surface area contributed by atoms with Gasteiger partial charge in [-0.1, -0.05) is 6.07 Å². The molecule has 116 valence electrons. The van der Waals surface area contributed by atoms with E-state index in [1.54, 1.807) is 24.4 Å². The molecule has 0 amide bonds. The number of carboxylic acid groups (broad SMARTS) is 1. The number of aryl methyl sites for hydroxylation is 2. The number of hydrogen-bond donors (Lipinski definition) is 1. The Morgan fingerprint density at radius 1 is 1.22 bits per heavy atom. The third-order valence-electron chi connectivity index (χ3n) is 3.52. The van der Waals surface area contributed by atoms with Crippen LogP contribution in [0.3, 0.4) is 0 Å². The molecule has 23 heavy (non-hydrogen) atoms. The molecule has 0 bridgehead atoms. The van der Waals surface area contributed by atoms with E-state index >= 15 is 0 Å². The van der Waals surface area contributed by atoms with E-state index in [1.807, 2.05) is 43.1 Å². The predicted octanol–water partition coefficient (Wildman–Crippen LogP) is 3.89. The van der Waals surface area contributed by atoms with Gasteiger partial charge in [0.05, 0.1) is 11.3 Å². The number of pyridine rings is 1. The van der Waals surface area contributed by atoms with Gasteiger partial charge in [-0.25, -0.2) is 4.79 Å². The first-order valence-corrected chi connectivity index (χ1v) is 7.13. The number of benzene rings is 1. The summed E-state index contributed by atoms with van der Waals surface area (Å²) < 4.78 is 7.81. The number of carbonyl (C=O) groups is 1. The summed E-state index contributed by atoms with van der Waals surface area (Å²) in [6.45, 7) is 1.88. The van der Waals surface area contributed by atoms with Crippen molar-refractivity contribution in [2.45, 2.75) is 6.92 Å². The summed E-state index contributed by atoms with van der Waals surface area (Å²) in [5.74, 6) is 0.161. The molecule has 5 heteroatoms. The number of hydrogen-bond acceptors (Lipinski definition) is 3. The average molecular weight is 308 g/mol. The first-order valence-electron chi connectivity index (χ1n) is 7.13. The van der Waals surface area contributed by atoms with Crippen LogP contribution in [0.2, 0.25) is 0 Å². The van der Waals surface area contributed by atoms with E-state index < -0.39 is 5.97 Å². The standard InChI is InChI=1S/C18H16N2O3/c1-12-3-4-13(18(21)22)9-17(12)23-15-5-7-19-16(10-15)14-6-8-20(2)11-14/h3-11H,1-2H3,(H,21,22). The fraction of sp³-hybridized carbons (Fsp3) is 0.111. The Morgan fingerprint density at radius 3 is 2.74 bits per heavy atom. The van der Waals surface area contributed by atoms with Crippen molar-refractivity contribution in [3.05, 3.63) is 66.1 Å². The number of aromatic nitrogens is 2. The van der Waals surface area contributed by atoms with Gasteiger partial charge in [0, 0.05) is 37.3 Å². The monoisotopic (exact) mass is 308 g/mol. The first kappa shape index (κ1) is 14.8. The maximum atomic E-state index is 11.1. The van der Waals surface area contributed by atoms with Crippen LogP contribution in [-0.4, -0.2) is 20.6 Å². The van der Waals surface area contributed by atoms with E-state index in [0.29, 0.717) is 11.5 Å². The largest absolute Gasteiger partial charge is 0.478 e. The first-order chi connectivity index (χ1) is 11.0. The summed E-state index contributed by atoms with van der Waals surface area (Å²) >= 11 is 0. The summed E-state index contributed by atoms with van der Waals surface area (Å²) in [6.07, 6.45) is 5.60. The molecule has 0 spiro atoms. The van der Waals surface area contributed by atoms with Gasteiger partial charge in [-0.2, -0.15) is 0 Å². The average Bonchev–Trinajstić information content (AvgIpc) is 2.96. The third kappa shape index (κ3) is 3.23. The number of aromatic carboxylic acids is 1. The molecule has 1 N–H and O–H groups in total. The second kappa shape index (κ2) is 5.96. The van der Waals surface area contributed by atoms with Gasteiger partial charge >= 0.3 is 5.97 Å². The molecule has 3 aromatic rings. The lowest BCUT2D eigenvalue weighted by atomic mass is 10.1. The van der Waals surface area contributed by atoms with Crippen molar-refractivity contribution in [2.24, 2.45) is 7.05 Å². The van der Waals surface area contributed by atoms with Crippen molar-refractivity contribution in [3.63, 3.8) is 0 Å². The highest BCUT2D eigenvalue weighted by Gasteiger charge is 2.09. The molecule has 1 aromatic carbocycles. The molecular formula is C18H16N2O3. The number of rotatable bonds is 4. The highest BCUT2D eigenvalue weighted by molar-refractivity contribution is 5.88. The lowest BCUT2D eigenvalue weighted by molar-refractivity contribution is 0.0696.